The molecule has 2 aromatic carbocycles. The van der Waals surface area contributed by atoms with E-state index >= 15 is 0 Å². The molecule has 3 aromatic rings. The van der Waals surface area contributed by atoms with Crippen molar-refractivity contribution in [3.63, 3.8) is 0 Å². The van der Waals surface area contributed by atoms with Crippen LogP contribution in [0.15, 0.2) is 60.8 Å². The van der Waals surface area contributed by atoms with Gasteiger partial charge in [0.05, 0.1) is 25.8 Å². The zero-order valence-corrected chi connectivity index (χ0v) is 16.8. The van der Waals surface area contributed by atoms with E-state index in [0.29, 0.717) is 29.1 Å². The molecule has 7 nitrogen and oxygen atoms in total. The van der Waals surface area contributed by atoms with Gasteiger partial charge in [0.1, 0.15) is 11.4 Å². The van der Waals surface area contributed by atoms with Crippen molar-refractivity contribution < 1.29 is 14.3 Å². The lowest BCUT2D eigenvalue weighted by Crippen LogP contribution is -2.36. The number of nitrogens with zero attached hydrogens (tertiary/aromatic N) is 3. The molecule has 0 radical (unpaired) electrons. The Balaban J connectivity index is 1.96. The van der Waals surface area contributed by atoms with Crippen molar-refractivity contribution in [1.29, 1.82) is 0 Å². The molecule has 0 bridgehead atoms. The van der Waals surface area contributed by atoms with Gasteiger partial charge in [-0.15, -0.1) is 0 Å². The third kappa shape index (κ3) is 4.82. The fraction of sp³-hybridized carbons (Fsp3) is 0.227. The number of carbonyl (C=O) groups excluding carboxylic acids is 2. The molecule has 1 heterocycles. The Morgan fingerprint density at radius 2 is 1.76 bits per heavy atom. The normalized spacial score (nSPS) is 10.4. The predicted molar refractivity (Wildman–Crippen MR) is 111 cm³/mol. The molecule has 0 saturated heterocycles. The largest absolute Gasteiger partial charge is 0.496 e. The van der Waals surface area contributed by atoms with Gasteiger partial charge < -0.3 is 15.0 Å². The van der Waals surface area contributed by atoms with Crippen LogP contribution in [0, 0.1) is 0 Å². The predicted octanol–water partition coefficient (Wildman–Crippen LogP) is 2.42. The lowest BCUT2D eigenvalue weighted by atomic mass is 10.1. The number of hydrogen-bond donors (Lipinski definition) is 1. The SMILES string of the molecule is COc1ccccc1-c1nn(Cc2ccccc2)cc1C(=O)NCC(=O)N(C)C. The van der Waals surface area contributed by atoms with Crippen molar-refractivity contribution in [2.24, 2.45) is 0 Å². The zero-order valence-electron chi connectivity index (χ0n) is 16.8. The Morgan fingerprint density at radius 3 is 2.45 bits per heavy atom. The summed E-state index contributed by atoms with van der Waals surface area (Å²) < 4.78 is 7.17. The monoisotopic (exact) mass is 392 g/mol. The minimum atomic E-state index is -0.361. The highest BCUT2D eigenvalue weighted by atomic mass is 16.5. The fourth-order valence-electron chi connectivity index (χ4n) is 2.89. The number of rotatable bonds is 7. The number of amides is 2. The maximum Gasteiger partial charge on any atom is 0.255 e. The van der Waals surface area contributed by atoms with Crippen molar-refractivity contribution in [2.75, 3.05) is 27.7 Å². The van der Waals surface area contributed by atoms with Gasteiger partial charge in [0.25, 0.3) is 5.91 Å². The second kappa shape index (κ2) is 9.05. The molecule has 0 aliphatic rings. The Bertz CT molecular complexity index is 996. The Labute approximate surface area is 169 Å². The summed E-state index contributed by atoms with van der Waals surface area (Å²) in [5.41, 5.74) is 2.67. The smallest absolute Gasteiger partial charge is 0.255 e. The van der Waals surface area contributed by atoms with Crippen LogP contribution in [0.2, 0.25) is 0 Å². The second-order valence-electron chi connectivity index (χ2n) is 6.75. The van der Waals surface area contributed by atoms with Crippen molar-refractivity contribution in [1.82, 2.24) is 20.0 Å². The standard InChI is InChI=1S/C22H24N4O3/c1-25(2)20(27)13-23-22(28)18-15-26(14-16-9-5-4-6-10-16)24-21(18)17-11-7-8-12-19(17)29-3/h4-12,15H,13-14H2,1-3H3,(H,23,28). The van der Waals surface area contributed by atoms with Crippen molar-refractivity contribution >= 4 is 11.8 Å². The first-order valence-corrected chi connectivity index (χ1v) is 9.22. The highest BCUT2D eigenvalue weighted by Gasteiger charge is 2.21. The molecule has 29 heavy (non-hydrogen) atoms. The third-order valence-corrected chi connectivity index (χ3v) is 4.45. The molecule has 1 N–H and O–H groups in total. The lowest BCUT2D eigenvalue weighted by molar-refractivity contribution is -0.127. The van der Waals surface area contributed by atoms with Gasteiger partial charge in [0, 0.05) is 25.9 Å². The van der Waals surface area contributed by atoms with Gasteiger partial charge in [-0.25, -0.2) is 0 Å². The summed E-state index contributed by atoms with van der Waals surface area (Å²) in [5.74, 6) is 0.0742. The average Bonchev–Trinajstić information content (AvgIpc) is 3.15. The fourth-order valence-corrected chi connectivity index (χ4v) is 2.89. The number of benzene rings is 2. The summed E-state index contributed by atoms with van der Waals surface area (Å²) >= 11 is 0. The van der Waals surface area contributed by atoms with E-state index in [4.69, 9.17) is 4.74 Å². The Hall–Kier alpha value is -3.61. The van der Waals surface area contributed by atoms with Gasteiger partial charge >= 0.3 is 0 Å². The number of carbonyl (C=O) groups is 2. The summed E-state index contributed by atoms with van der Waals surface area (Å²) in [4.78, 5) is 26.1. The Kier molecular flexibility index (Phi) is 6.29. The van der Waals surface area contributed by atoms with Crippen LogP contribution in [0.1, 0.15) is 15.9 Å². The van der Waals surface area contributed by atoms with E-state index in [2.05, 4.69) is 10.4 Å². The van der Waals surface area contributed by atoms with E-state index < -0.39 is 0 Å². The van der Waals surface area contributed by atoms with Crippen LogP contribution in [-0.2, 0) is 11.3 Å². The maximum absolute atomic E-state index is 12.9. The summed E-state index contributed by atoms with van der Waals surface area (Å²) in [6.45, 7) is 0.438. The molecule has 3 rings (SSSR count). The van der Waals surface area contributed by atoms with E-state index in [1.807, 2.05) is 54.6 Å². The van der Waals surface area contributed by atoms with E-state index in [0.717, 1.165) is 5.56 Å². The molecular formula is C22H24N4O3. The van der Waals surface area contributed by atoms with E-state index in [9.17, 15) is 9.59 Å². The summed E-state index contributed by atoms with van der Waals surface area (Å²) in [5, 5.41) is 7.33. The van der Waals surface area contributed by atoms with Gasteiger partial charge in [-0.3, -0.25) is 14.3 Å². The van der Waals surface area contributed by atoms with Crippen molar-refractivity contribution in [3.05, 3.63) is 71.9 Å². The number of aromatic nitrogens is 2. The molecule has 7 heteroatoms. The van der Waals surface area contributed by atoms with Crippen LogP contribution >= 0.6 is 0 Å². The quantitative estimate of drug-likeness (QED) is 0.670. The first-order valence-electron chi connectivity index (χ1n) is 9.22. The molecule has 0 atom stereocenters. The molecule has 0 fully saturated rings. The van der Waals surface area contributed by atoms with Crippen molar-refractivity contribution in [2.45, 2.75) is 6.54 Å². The van der Waals surface area contributed by atoms with Gasteiger partial charge in [0.2, 0.25) is 5.91 Å². The Morgan fingerprint density at radius 1 is 1.07 bits per heavy atom. The van der Waals surface area contributed by atoms with Gasteiger partial charge in [-0.2, -0.15) is 5.10 Å². The van der Waals surface area contributed by atoms with Crippen LogP contribution in [0.25, 0.3) is 11.3 Å². The number of likely N-dealkylation sites (N-methyl/N-ethyl adjacent to an activating group) is 1. The third-order valence-electron chi connectivity index (χ3n) is 4.45. The summed E-state index contributed by atoms with van der Waals surface area (Å²) in [6, 6.07) is 17.3. The topological polar surface area (TPSA) is 76.5 Å². The minimum Gasteiger partial charge on any atom is -0.496 e. The van der Waals surface area contributed by atoms with E-state index in [-0.39, 0.29) is 18.4 Å². The molecule has 0 saturated carbocycles. The van der Waals surface area contributed by atoms with Gasteiger partial charge in [0.15, 0.2) is 0 Å². The maximum atomic E-state index is 12.9. The number of ether oxygens (including phenoxy) is 1. The molecule has 150 valence electrons. The van der Waals surface area contributed by atoms with E-state index in [1.54, 1.807) is 32.1 Å². The molecule has 0 aliphatic carbocycles. The second-order valence-corrected chi connectivity index (χ2v) is 6.75. The van der Waals surface area contributed by atoms with Crippen LogP contribution in [0.5, 0.6) is 5.75 Å². The first kappa shape index (κ1) is 20.1. The van der Waals surface area contributed by atoms with Crippen molar-refractivity contribution in [3.8, 4) is 17.0 Å². The molecule has 1 aromatic heterocycles. The molecule has 0 unspecified atom stereocenters. The van der Waals surface area contributed by atoms with E-state index in [1.165, 1.54) is 4.90 Å². The molecular weight excluding hydrogens is 368 g/mol. The molecule has 0 spiro atoms. The van der Waals surface area contributed by atoms with Crippen LogP contribution in [-0.4, -0.2) is 54.2 Å². The highest BCUT2D eigenvalue weighted by molar-refractivity contribution is 6.01. The van der Waals surface area contributed by atoms with Crippen LogP contribution in [0.4, 0.5) is 0 Å². The summed E-state index contributed by atoms with van der Waals surface area (Å²) in [7, 11) is 4.87. The van der Waals surface area contributed by atoms with Crippen LogP contribution in [0.3, 0.4) is 0 Å². The highest BCUT2D eigenvalue weighted by Crippen LogP contribution is 2.31. The number of methoxy groups -OCH3 is 1. The zero-order chi connectivity index (χ0) is 20.8. The van der Waals surface area contributed by atoms with Crippen LogP contribution < -0.4 is 10.1 Å². The van der Waals surface area contributed by atoms with Gasteiger partial charge in [-0.1, -0.05) is 42.5 Å². The minimum absolute atomic E-state index is 0.0823. The molecule has 0 aliphatic heterocycles. The first-order chi connectivity index (χ1) is 14.0. The average molecular weight is 392 g/mol. The number of para-hydroxylation sites is 1. The van der Waals surface area contributed by atoms with Gasteiger partial charge in [-0.05, 0) is 17.7 Å². The molecule has 2 amide bonds. The summed E-state index contributed by atoms with van der Waals surface area (Å²) in [6.07, 6.45) is 1.70. The number of nitrogens with one attached hydrogen (secondary N) is 1. The lowest BCUT2D eigenvalue weighted by Gasteiger charge is -2.11. The number of hydrogen-bond acceptors (Lipinski definition) is 4.